The van der Waals surface area contributed by atoms with Crippen LogP contribution in [0.5, 0.6) is 0 Å². The molecule has 0 heterocycles. The lowest BCUT2D eigenvalue weighted by Gasteiger charge is -2.33. The van der Waals surface area contributed by atoms with Gasteiger partial charge in [0.05, 0.1) is 10.6 Å². The summed E-state index contributed by atoms with van der Waals surface area (Å²) in [5.41, 5.74) is 2.85. The van der Waals surface area contributed by atoms with Crippen molar-refractivity contribution in [3.05, 3.63) is 93.5 Å². The van der Waals surface area contributed by atoms with Gasteiger partial charge in [-0.15, -0.1) is 0 Å². The van der Waals surface area contributed by atoms with Gasteiger partial charge in [-0.2, -0.15) is 0 Å². The summed E-state index contributed by atoms with van der Waals surface area (Å²) in [7, 11) is -4.18. The maximum atomic E-state index is 14.1. The first-order valence-electron chi connectivity index (χ1n) is 13.5. The van der Waals surface area contributed by atoms with Gasteiger partial charge in [0.15, 0.2) is 0 Å². The number of carbonyl (C=O) groups is 2. The Morgan fingerprint density at radius 2 is 1.59 bits per heavy atom. The van der Waals surface area contributed by atoms with Gasteiger partial charge in [-0.3, -0.25) is 13.9 Å². The minimum atomic E-state index is -4.18. The summed E-state index contributed by atoms with van der Waals surface area (Å²) in [5, 5.41) is 3.76. The molecule has 0 saturated heterocycles. The first kappa shape index (κ1) is 32.4. The Morgan fingerprint density at radius 3 is 2.17 bits per heavy atom. The lowest BCUT2D eigenvalue weighted by atomic mass is 10.1. The largest absolute Gasteiger partial charge is 0.354 e. The van der Waals surface area contributed by atoms with Gasteiger partial charge in [-0.25, -0.2) is 8.42 Å². The lowest BCUT2D eigenvalue weighted by molar-refractivity contribution is -0.140. The first-order valence-corrected chi connectivity index (χ1v) is 15.7. The van der Waals surface area contributed by atoms with E-state index in [2.05, 4.69) is 5.32 Å². The maximum Gasteiger partial charge on any atom is 0.264 e. The van der Waals surface area contributed by atoms with Crippen LogP contribution in [0.1, 0.15) is 43.9 Å². The molecule has 3 aromatic carbocycles. The van der Waals surface area contributed by atoms with Crippen molar-refractivity contribution in [3.63, 3.8) is 0 Å². The van der Waals surface area contributed by atoms with Gasteiger partial charge in [0.25, 0.3) is 10.0 Å². The number of nitrogens with zero attached hydrogens (tertiary/aromatic N) is 2. The molecule has 2 amide bonds. The molecule has 0 fully saturated rings. The number of hydrogen-bond acceptors (Lipinski definition) is 4. The molecule has 0 radical (unpaired) electrons. The van der Waals surface area contributed by atoms with Crippen LogP contribution in [-0.4, -0.2) is 44.3 Å². The quantitative estimate of drug-likeness (QED) is 0.255. The molecule has 220 valence electrons. The number of amides is 2. The average molecular weight is 619 g/mol. The molecule has 0 bridgehead atoms. The van der Waals surface area contributed by atoms with E-state index in [4.69, 9.17) is 23.2 Å². The normalized spacial score (nSPS) is 12.2. The molecule has 3 aromatic rings. The third-order valence-corrected chi connectivity index (χ3v) is 9.24. The SMILES string of the molecule is CC[C@H](C(=O)NCC(C)C)N(Cc1ccccc1Cl)C(=O)CN(c1ccc(C)c(C)c1)S(=O)(=O)c1ccc(Cl)cc1. The van der Waals surface area contributed by atoms with E-state index in [9.17, 15) is 18.0 Å². The molecule has 1 N–H and O–H groups in total. The van der Waals surface area contributed by atoms with Crippen LogP contribution in [0.2, 0.25) is 10.0 Å². The summed E-state index contributed by atoms with van der Waals surface area (Å²) >= 11 is 12.5. The zero-order chi connectivity index (χ0) is 30.3. The number of hydrogen-bond donors (Lipinski definition) is 1. The van der Waals surface area contributed by atoms with E-state index in [1.807, 2.05) is 40.7 Å². The molecule has 0 aliphatic heterocycles. The van der Waals surface area contributed by atoms with Crippen LogP contribution in [0.4, 0.5) is 5.69 Å². The van der Waals surface area contributed by atoms with Crippen molar-refractivity contribution < 1.29 is 18.0 Å². The number of nitrogens with one attached hydrogen (secondary N) is 1. The molecule has 0 aliphatic rings. The molecule has 0 saturated carbocycles. The molecule has 1 atom stereocenters. The molecule has 0 aliphatic carbocycles. The van der Waals surface area contributed by atoms with Crippen molar-refractivity contribution in [2.45, 2.75) is 58.5 Å². The van der Waals surface area contributed by atoms with Crippen LogP contribution < -0.4 is 9.62 Å². The predicted octanol–water partition coefficient (Wildman–Crippen LogP) is 6.39. The minimum absolute atomic E-state index is 0.00713. The summed E-state index contributed by atoms with van der Waals surface area (Å²) in [6, 6.07) is 17.3. The number of aryl methyl sites for hydroxylation is 2. The minimum Gasteiger partial charge on any atom is -0.354 e. The predicted molar refractivity (Wildman–Crippen MR) is 166 cm³/mol. The summed E-state index contributed by atoms with van der Waals surface area (Å²) in [4.78, 5) is 28.9. The van der Waals surface area contributed by atoms with Crippen molar-refractivity contribution in [2.24, 2.45) is 5.92 Å². The van der Waals surface area contributed by atoms with E-state index in [-0.39, 0.29) is 23.3 Å². The average Bonchev–Trinajstić information content (AvgIpc) is 2.93. The van der Waals surface area contributed by atoms with Gasteiger partial charge in [0.2, 0.25) is 11.8 Å². The summed E-state index contributed by atoms with van der Waals surface area (Å²) < 4.78 is 29.0. The molecule has 7 nitrogen and oxygen atoms in total. The number of anilines is 1. The molecule has 0 spiro atoms. The fourth-order valence-electron chi connectivity index (χ4n) is 4.30. The van der Waals surface area contributed by atoms with Crippen LogP contribution in [-0.2, 0) is 26.2 Å². The highest BCUT2D eigenvalue weighted by Gasteiger charge is 2.34. The maximum absolute atomic E-state index is 14.1. The van der Waals surface area contributed by atoms with Crippen LogP contribution >= 0.6 is 23.2 Å². The van der Waals surface area contributed by atoms with E-state index in [1.165, 1.54) is 29.2 Å². The van der Waals surface area contributed by atoms with Crippen LogP contribution in [0.3, 0.4) is 0 Å². The smallest absolute Gasteiger partial charge is 0.264 e. The van der Waals surface area contributed by atoms with Crippen molar-refractivity contribution in [1.82, 2.24) is 10.2 Å². The molecule has 10 heteroatoms. The highest BCUT2D eigenvalue weighted by Crippen LogP contribution is 2.28. The Labute approximate surface area is 253 Å². The van der Waals surface area contributed by atoms with Gasteiger partial charge < -0.3 is 10.2 Å². The van der Waals surface area contributed by atoms with Gasteiger partial charge in [0, 0.05) is 23.1 Å². The summed E-state index contributed by atoms with van der Waals surface area (Å²) in [5.74, 6) is -0.624. The van der Waals surface area contributed by atoms with E-state index in [1.54, 1.807) is 36.4 Å². The molecule has 3 rings (SSSR count). The monoisotopic (exact) mass is 617 g/mol. The molecular weight excluding hydrogens is 581 g/mol. The Hall–Kier alpha value is -3.07. The number of benzene rings is 3. The second-order valence-electron chi connectivity index (χ2n) is 10.4. The van der Waals surface area contributed by atoms with Crippen molar-refractivity contribution in [3.8, 4) is 0 Å². The van der Waals surface area contributed by atoms with E-state index in [0.29, 0.717) is 34.3 Å². The third-order valence-electron chi connectivity index (χ3n) is 6.83. The Kier molecular flexibility index (Phi) is 11.2. The molecule has 0 unspecified atom stereocenters. The van der Waals surface area contributed by atoms with E-state index < -0.39 is 28.5 Å². The fourth-order valence-corrected chi connectivity index (χ4v) is 6.02. The van der Waals surface area contributed by atoms with Crippen molar-refractivity contribution in [2.75, 3.05) is 17.4 Å². The standard InChI is InChI=1S/C31H37Cl2N3O4S/c1-6-29(31(38)34-18-21(2)3)35(19-24-9-7-8-10-28(24)33)30(37)20-36(26-14-11-22(4)23(5)17-26)41(39,40)27-15-12-25(32)13-16-27/h7-17,21,29H,6,18-20H2,1-5H3,(H,34,38)/t29-/m1/s1. The van der Waals surface area contributed by atoms with Crippen LogP contribution in [0.15, 0.2) is 71.6 Å². The van der Waals surface area contributed by atoms with Crippen molar-refractivity contribution in [1.29, 1.82) is 0 Å². The first-order chi connectivity index (χ1) is 19.3. The molecular formula is C31H37Cl2N3O4S. The Balaban J connectivity index is 2.08. The second-order valence-corrected chi connectivity index (χ2v) is 13.1. The fraction of sp³-hybridized carbons (Fsp3) is 0.355. The topological polar surface area (TPSA) is 86.8 Å². The Bertz CT molecular complexity index is 1480. The number of halogens is 2. The summed E-state index contributed by atoms with van der Waals surface area (Å²) in [6.07, 6.45) is 0.327. The Morgan fingerprint density at radius 1 is 0.927 bits per heavy atom. The molecule has 0 aromatic heterocycles. The van der Waals surface area contributed by atoms with Gasteiger partial charge >= 0.3 is 0 Å². The highest BCUT2D eigenvalue weighted by atomic mass is 35.5. The van der Waals surface area contributed by atoms with Crippen LogP contribution in [0.25, 0.3) is 0 Å². The van der Waals surface area contributed by atoms with E-state index in [0.717, 1.165) is 15.4 Å². The van der Waals surface area contributed by atoms with Gasteiger partial charge in [0.1, 0.15) is 12.6 Å². The van der Waals surface area contributed by atoms with E-state index >= 15 is 0 Å². The van der Waals surface area contributed by atoms with Crippen LogP contribution in [0, 0.1) is 19.8 Å². The van der Waals surface area contributed by atoms with Gasteiger partial charge in [-0.1, -0.05) is 68.2 Å². The number of carbonyl (C=O) groups excluding carboxylic acids is 2. The zero-order valence-electron chi connectivity index (χ0n) is 24.0. The molecule has 41 heavy (non-hydrogen) atoms. The zero-order valence-corrected chi connectivity index (χ0v) is 26.4. The number of rotatable bonds is 12. The summed E-state index contributed by atoms with van der Waals surface area (Å²) in [6.45, 7) is 9.55. The van der Waals surface area contributed by atoms with Gasteiger partial charge in [-0.05, 0) is 85.3 Å². The second kappa shape index (κ2) is 14.2. The number of sulfonamides is 1. The van der Waals surface area contributed by atoms with Crippen molar-refractivity contribution >= 4 is 50.7 Å². The third kappa shape index (κ3) is 8.24. The lowest BCUT2D eigenvalue weighted by Crippen LogP contribution is -2.52. The highest BCUT2D eigenvalue weighted by molar-refractivity contribution is 7.92.